The first kappa shape index (κ1) is 18.2. The van der Waals surface area contributed by atoms with Gasteiger partial charge in [0.25, 0.3) is 5.91 Å². The van der Waals surface area contributed by atoms with E-state index in [1.807, 2.05) is 6.92 Å². The number of aromatic amines is 1. The van der Waals surface area contributed by atoms with Crippen LogP contribution >= 0.6 is 0 Å². The minimum atomic E-state index is -0.704. The highest BCUT2D eigenvalue weighted by molar-refractivity contribution is 5.95. The van der Waals surface area contributed by atoms with E-state index in [1.165, 1.54) is 18.2 Å². The third-order valence-corrected chi connectivity index (χ3v) is 5.36. The van der Waals surface area contributed by atoms with Crippen molar-refractivity contribution in [2.45, 2.75) is 31.8 Å². The van der Waals surface area contributed by atoms with E-state index in [0.717, 1.165) is 11.6 Å². The number of carbonyl (C=O) groups is 1. The van der Waals surface area contributed by atoms with E-state index in [4.69, 9.17) is 6.42 Å². The van der Waals surface area contributed by atoms with Crippen molar-refractivity contribution in [3.63, 3.8) is 0 Å². The maximum atomic E-state index is 14.4. The number of fused-ring (bicyclic) bond motifs is 3. The van der Waals surface area contributed by atoms with E-state index in [0.29, 0.717) is 29.5 Å². The van der Waals surface area contributed by atoms with Gasteiger partial charge in [-0.3, -0.25) is 4.79 Å². The zero-order valence-corrected chi connectivity index (χ0v) is 15.1. The fourth-order valence-electron chi connectivity index (χ4n) is 4.10. The van der Waals surface area contributed by atoms with E-state index < -0.39 is 29.4 Å². The molecule has 1 aromatic heterocycles. The van der Waals surface area contributed by atoms with Crippen LogP contribution in [0.5, 0.6) is 0 Å². The average Bonchev–Trinajstić information content (AvgIpc) is 3.05. The highest BCUT2D eigenvalue weighted by atomic mass is 19.1. The monoisotopic (exact) mass is 382 g/mol. The van der Waals surface area contributed by atoms with Gasteiger partial charge in [-0.25, -0.2) is 13.2 Å². The van der Waals surface area contributed by atoms with Crippen molar-refractivity contribution >= 4 is 16.8 Å². The first-order valence-corrected chi connectivity index (χ1v) is 8.98. The molecule has 1 aliphatic rings. The number of carbonyl (C=O) groups excluding carboxylic acids is 1. The second kappa shape index (κ2) is 6.75. The molecule has 0 fully saturated rings. The Bertz CT molecular complexity index is 1110. The molecule has 0 unspecified atom stereocenters. The molecule has 0 saturated carbocycles. The fourth-order valence-corrected chi connectivity index (χ4v) is 4.10. The standard InChI is InChI=1S/C22H17F3N2O/c1-3-15-11-17-16-9-14(24)10-18(25)20(16)26-21(17)22(27(15)19(28)4-2)12-5-7-13(23)8-6-12/h2,5-10,15,22,26H,3,11H2,1H3/t15-,22-/m0/s1. The van der Waals surface area contributed by atoms with Crippen LogP contribution in [0.4, 0.5) is 13.2 Å². The van der Waals surface area contributed by atoms with Gasteiger partial charge >= 0.3 is 0 Å². The molecule has 0 bridgehead atoms. The van der Waals surface area contributed by atoms with E-state index >= 15 is 0 Å². The molecule has 2 heterocycles. The van der Waals surface area contributed by atoms with Crippen molar-refractivity contribution in [3.05, 3.63) is 70.7 Å². The summed E-state index contributed by atoms with van der Waals surface area (Å²) in [5, 5.41) is 0.450. The molecule has 0 radical (unpaired) electrons. The van der Waals surface area contributed by atoms with Gasteiger partial charge in [-0.2, -0.15) is 0 Å². The summed E-state index contributed by atoms with van der Waals surface area (Å²) in [6.45, 7) is 1.92. The Labute approximate surface area is 160 Å². The molecule has 0 saturated heterocycles. The molecule has 1 aliphatic heterocycles. The Morgan fingerprint density at radius 3 is 2.57 bits per heavy atom. The molecule has 4 rings (SSSR count). The predicted molar refractivity (Wildman–Crippen MR) is 99.9 cm³/mol. The van der Waals surface area contributed by atoms with Crippen molar-refractivity contribution in [2.24, 2.45) is 0 Å². The molecule has 3 nitrogen and oxygen atoms in total. The molecule has 142 valence electrons. The lowest BCUT2D eigenvalue weighted by molar-refractivity contribution is -0.130. The van der Waals surface area contributed by atoms with Crippen LogP contribution in [0.2, 0.25) is 0 Å². The van der Waals surface area contributed by atoms with Gasteiger partial charge in [0.15, 0.2) is 0 Å². The highest BCUT2D eigenvalue weighted by Gasteiger charge is 2.39. The number of terminal acetylenes is 1. The van der Waals surface area contributed by atoms with Crippen LogP contribution in [-0.2, 0) is 11.2 Å². The number of hydrogen-bond donors (Lipinski definition) is 1. The fraction of sp³-hybridized carbons (Fsp3) is 0.227. The topological polar surface area (TPSA) is 36.1 Å². The SMILES string of the molecule is C#CC(=O)N1[C@@H](CC)Cc2c([nH]c3c(F)cc(F)cc23)[C@@H]1c1ccc(F)cc1. The summed E-state index contributed by atoms with van der Waals surface area (Å²) in [7, 11) is 0. The molecule has 2 aromatic carbocycles. The number of nitrogens with zero attached hydrogens (tertiary/aromatic N) is 1. The Morgan fingerprint density at radius 2 is 1.93 bits per heavy atom. The van der Waals surface area contributed by atoms with Crippen LogP contribution < -0.4 is 0 Å². The number of benzene rings is 2. The Balaban J connectivity index is 2.01. The summed E-state index contributed by atoms with van der Waals surface area (Å²) in [5.74, 6) is -0.123. The minimum Gasteiger partial charge on any atom is -0.354 e. The number of aromatic nitrogens is 1. The quantitative estimate of drug-likeness (QED) is 0.652. The number of rotatable bonds is 2. The second-order valence-electron chi connectivity index (χ2n) is 6.90. The summed E-state index contributed by atoms with van der Waals surface area (Å²) in [6, 6.07) is 6.95. The lowest BCUT2D eigenvalue weighted by atomic mass is 9.87. The van der Waals surface area contributed by atoms with E-state index in [-0.39, 0.29) is 11.6 Å². The Hall–Kier alpha value is -3.20. The smallest absolute Gasteiger partial charge is 0.299 e. The molecular formula is C22H17F3N2O. The number of H-pyrrole nitrogens is 1. The Morgan fingerprint density at radius 1 is 1.21 bits per heavy atom. The summed E-state index contributed by atoms with van der Waals surface area (Å²) in [5.41, 5.74) is 2.13. The lowest BCUT2D eigenvalue weighted by Crippen LogP contribution is -2.47. The summed E-state index contributed by atoms with van der Waals surface area (Å²) in [6.07, 6.45) is 6.42. The average molecular weight is 382 g/mol. The van der Waals surface area contributed by atoms with Gasteiger partial charge in [-0.15, -0.1) is 6.42 Å². The van der Waals surface area contributed by atoms with Crippen LogP contribution in [0.1, 0.15) is 36.2 Å². The second-order valence-corrected chi connectivity index (χ2v) is 6.90. The Kier molecular flexibility index (Phi) is 4.38. The molecule has 2 atom stereocenters. The molecule has 0 spiro atoms. The van der Waals surface area contributed by atoms with Gasteiger partial charge in [0.05, 0.1) is 11.6 Å². The molecule has 1 N–H and O–H groups in total. The van der Waals surface area contributed by atoms with Crippen molar-refractivity contribution in [1.29, 1.82) is 0 Å². The van der Waals surface area contributed by atoms with Crippen molar-refractivity contribution < 1.29 is 18.0 Å². The van der Waals surface area contributed by atoms with Gasteiger partial charge in [-0.05, 0) is 48.1 Å². The van der Waals surface area contributed by atoms with E-state index in [2.05, 4.69) is 10.9 Å². The summed E-state index contributed by atoms with van der Waals surface area (Å²) >= 11 is 0. The molecule has 6 heteroatoms. The number of halogens is 3. The van der Waals surface area contributed by atoms with E-state index in [1.54, 1.807) is 17.0 Å². The van der Waals surface area contributed by atoms with Crippen LogP contribution in [0.15, 0.2) is 36.4 Å². The van der Waals surface area contributed by atoms with Crippen LogP contribution in [-0.4, -0.2) is 21.8 Å². The molecule has 28 heavy (non-hydrogen) atoms. The molecular weight excluding hydrogens is 365 g/mol. The van der Waals surface area contributed by atoms with E-state index in [9.17, 15) is 18.0 Å². The maximum Gasteiger partial charge on any atom is 0.299 e. The molecule has 1 amide bonds. The largest absolute Gasteiger partial charge is 0.354 e. The maximum absolute atomic E-state index is 14.4. The van der Waals surface area contributed by atoms with Gasteiger partial charge in [0.1, 0.15) is 17.5 Å². The third kappa shape index (κ3) is 2.75. The zero-order valence-electron chi connectivity index (χ0n) is 15.1. The van der Waals surface area contributed by atoms with Crippen molar-refractivity contribution in [1.82, 2.24) is 9.88 Å². The third-order valence-electron chi connectivity index (χ3n) is 5.36. The van der Waals surface area contributed by atoms with Crippen molar-refractivity contribution in [2.75, 3.05) is 0 Å². The predicted octanol–water partition coefficient (Wildman–Crippen LogP) is 4.47. The first-order chi connectivity index (χ1) is 13.4. The lowest BCUT2D eigenvalue weighted by Gasteiger charge is -2.41. The van der Waals surface area contributed by atoms with Gasteiger partial charge in [-0.1, -0.05) is 19.1 Å². The number of hydrogen-bond acceptors (Lipinski definition) is 1. The van der Waals surface area contributed by atoms with Crippen LogP contribution in [0.3, 0.4) is 0 Å². The normalized spacial score (nSPS) is 18.8. The van der Waals surface area contributed by atoms with Gasteiger partial charge in [0, 0.05) is 23.2 Å². The number of amides is 1. The first-order valence-electron chi connectivity index (χ1n) is 8.98. The zero-order chi connectivity index (χ0) is 20.0. The van der Waals surface area contributed by atoms with Gasteiger partial charge in [0.2, 0.25) is 0 Å². The van der Waals surface area contributed by atoms with Crippen LogP contribution in [0, 0.1) is 29.8 Å². The van der Waals surface area contributed by atoms with Gasteiger partial charge < -0.3 is 9.88 Å². The molecule has 3 aromatic rings. The number of nitrogens with one attached hydrogen (secondary N) is 1. The summed E-state index contributed by atoms with van der Waals surface area (Å²) < 4.78 is 41.7. The summed E-state index contributed by atoms with van der Waals surface area (Å²) in [4.78, 5) is 17.2. The minimum absolute atomic E-state index is 0.184. The van der Waals surface area contributed by atoms with Crippen LogP contribution in [0.25, 0.3) is 10.9 Å². The highest BCUT2D eigenvalue weighted by Crippen LogP contribution is 2.42. The van der Waals surface area contributed by atoms with Crippen molar-refractivity contribution in [3.8, 4) is 12.3 Å². The molecule has 0 aliphatic carbocycles.